The van der Waals surface area contributed by atoms with Crippen molar-refractivity contribution in [2.45, 2.75) is 23.9 Å². The van der Waals surface area contributed by atoms with Gasteiger partial charge in [0.1, 0.15) is 0 Å². The number of hydrogen-bond donors (Lipinski definition) is 3. The number of phenols is 1. The zero-order valence-corrected chi connectivity index (χ0v) is 24.8. The molecule has 0 unspecified atom stereocenters. The first-order valence-corrected chi connectivity index (χ1v) is 14.1. The van der Waals surface area contributed by atoms with Gasteiger partial charge in [-0.2, -0.15) is 5.10 Å². The zero-order chi connectivity index (χ0) is 27.9. The smallest absolute Gasteiger partial charge is 0.312 e. The molecule has 0 aliphatic rings. The summed E-state index contributed by atoms with van der Waals surface area (Å²) >= 11 is 6.62. The first-order chi connectivity index (χ1) is 18.7. The van der Waals surface area contributed by atoms with Crippen LogP contribution in [0.1, 0.15) is 18.3 Å². The lowest BCUT2D eigenvalue weighted by Crippen LogP contribution is -2.27. The van der Waals surface area contributed by atoms with Gasteiger partial charge in [0.05, 0.1) is 22.9 Å². The van der Waals surface area contributed by atoms with Crippen molar-refractivity contribution in [3.05, 3.63) is 96.3 Å². The number of nitro benzene ring substituents is 1. The van der Waals surface area contributed by atoms with Gasteiger partial charge in [-0.1, -0.05) is 45.9 Å². The van der Waals surface area contributed by atoms with Crippen LogP contribution >= 0.6 is 50.3 Å². The molecular formula is C25H21BrIN7O4S. The molecule has 4 rings (SSSR count). The van der Waals surface area contributed by atoms with Crippen molar-refractivity contribution in [1.29, 1.82) is 0 Å². The number of anilines is 1. The average Bonchev–Trinajstić information content (AvgIpc) is 3.32. The standard InChI is InChI=1S/C25H21BrIN7O4S/c1-15(24(36)31-29-13-16-11-17(26)12-21(23(16)35)34(37)38)39-25-32-30-22(33(25)20-5-3-2-4-6-20)14-28-19-9-7-18(27)8-10-19/h2-13,15,28,35H,14H2,1H3,(H,31,36)/b29-13-/t15-/m0/s1. The van der Waals surface area contributed by atoms with E-state index in [1.54, 1.807) is 6.92 Å². The summed E-state index contributed by atoms with van der Waals surface area (Å²) in [6.07, 6.45) is 1.14. The number of nitrogens with zero attached hydrogens (tertiary/aromatic N) is 5. The van der Waals surface area contributed by atoms with Gasteiger partial charge in [0.15, 0.2) is 11.0 Å². The number of para-hydroxylation sites is 1. The van der Waals surface area contributed by atoms with Crippen LogP contribution in [0.4, 0.5) is 11.4 Å². The van der Waals surface area contributed by atoms with E-state index in [4.69, 9.17) is 0 Å². The predicted octanol–water partition coefficient (Wildman–Crippen LogP) is 5.49. The second-order valence-corrected chi connectivity index (χ2v) is 11.5. The monoisotopic (exact) mass is 721 g/mol. The molecule has 0 bridgehead atoms. The minimum atomic E-state index is -0.706. The number of hydrazone groups is 1. The molecule has 200 valence electrons. The lowest BCUT2D eigenvalue weighted by atomic mass is 10.2. The number of amides is 1. The Kier molecular flexibility index (Phi) is 9.53. The number of hydrogen-bond acceptors (Lipinski definition) is 9. The molecule has 1 aromatic heterocycles. The number of aromatic nitrogens is 3. The lowest BCUT2D eigenvalue weighted by molar-refractivity contribution is -0.385. The van der Waals surface area contributed by atoms with Crippen molar-refractivity contribution in [3.63, 3.8) is 0 Å². The number of nitro groups is 1. The van der Waals surface area contributed by atoms with E-state index in [9.17, 15) is 20.0 Å². The molecule has 0 spiro atoms. The molecule has 1 atom stereocenters. The van der Waals surface area contributed by atoms with Crippen LogP contribution in [0.15, 0.2) is 81.5 Å². The Hall–Kier alpha value is -3.50. The minimum Gasteiger partial charge on any atom is -0.502 e. The van der Waals surface area contributed by atoms with Gasteiger partial charge in [-0.15, -0.1) is 10.2 Å². The third kappa shape index (κ3) is 7.33. The van der Waals surface area contributed by atoms with E-state index in [1.165, 1.54) is 23.9 Å². The first kappa shape index (κ1) is 28.5. The molecular weight excluding hydrogens is 701 g/mol. The molecule has 0 aliphatic carbocycles. The first-order valence-electron chi connectivity index (χ1n) is 11.4. The van der Waals surface area contributed by atoms with Gasteiger partial charge in [0.2, 0.25) is 5.75 Å². The van der Waals surface area contributed by atoms with E-state index in [0.717, 1.165) is 21.2 Å². The molecule has 3 aromatic carbocycles. The molecule has 14 heteroatoms. The van der Waals surface area contributed by atoms with Crippen LogP contribution < -0.4 is 10.7 Å². The van der Waals surface area contributed by atoms with E-state index in [2.05, 4.69) is 64.6 Å². The highest BCUT2D eigenvalue weighted by atomic mass is 127. The molecule has 39 heavy (non-hydrogen) atoms. The van der Waals surface area contributed by atoms with Crippen molar-refractivity contribution in [2.24, 2.45) is 5.10 Å². The van der Waals surface area contributed by atoms with Gasteiger partial charge in [-0.3, -0.25) is 19.5 Å². The third-order valence-corrected chi connectivity index (χ3v) is 7.54. The molecule has 0 radical (unpaired) electrons. The van der Waals surface area contributed by atoms with Crippen molar-refractivity contribution in [3.8, 4) is 11.4 Å². The minimum absolute atomic E-state index is 0.0748. The SMILES string of the molecule is C[C@H](Sc1nnc(CNc2ccc(I)cc2)n1-c1ccccc1)C(=O)N/N=C\c1cc(Br)cc([N+](=O)[O-])c1O. The number of halogens is 2. The van der Waals surface area contributed by atoms with Gasteiger partial charge in [0.25, 0.3) is 5.91 Å². The fraction of sp³-hybridized carbons (Fsp3) is 0.120. The number of carbonyl (C=O) groups is 1. The summed E-state index contributed by atoms with van der Waals surface area (Å²) in [6, 6.07) is 20.2. The normalized spacial score (nSPS) is 11.9. The Bertz CT molecular complexity index is 1520. The highest BCUT2D eigenvalue weighted by Gasteiger charge is 2.22. The van der Waals surface area contributed by atoms with E-state index < -0.39 is 27.5 Å². The molecule has 0 aliphatic heterocycles. The molecule has 0 fully saturated rings. The molecule has 3 N–H and O–H groups in total. The summed E-state index contributed by atoms with van der Waals surface area (Å²) in [5.74, 6) is -0.313. The fourth-order valence-electron chi connectivity index (χ4n) is 3.39. The van der Waals surface area contributed by atoms with Crippen molar-refractivity contribution < 1.29 is 14.8 Å². The van der Waals surface area contributed by atoms with Gasteiger partial charge < -0.3 is 10.4 Å². The molecule has 1 amide bonds. The van der Waals surface area contributed by atoms with Crippen LogP contribution in [-0.4, -0.2) is 42.2 Å². The predicted molar refractivity (Wildman–Crippen MR) is 161 cm³/mol. The number of rotatable bonds is 10. The highest BCUT2D eigenvalue weighted by Crippen LogP contribution is 2.32. The zero-order valence-electron chi connectivity index (χ0n) is 20.3. The molecule has 0 saturated heterocycles. The average molecular weight is 722 g/mol. The molecule has 11 nitrogen and oxygen atoms in total. The Morgan fingerprint density at radius 2 is 1.95 bits per heavy atom. The molecule has 0 saturated carbocycles. The summed E-state index contributed by atoms with van der Waals surface area (Å²) in [4.78, 5) is 23.2. The van der Waals surface area contributed by atoms with E-state index in [1.807, 2.05) is 59.2 Å². The number of aromatic hydroxyl groups is 1. The topological polar surface area (TPSA) is 148 Å². The highest BCUT2D eigenvalue weighted by molar-refractivity contribution is 14.1. The fourth-order valence-corrected chi connectivity index (χ4v) is 5.09. The van der Waals surface area contributed by atoms with Crippen LogP contribution in [0.2, 0.25) is 0 Å². The molecule has 1 heterocycles. The number of benzene rings is 3. The summed E-state index contributed by atoms with van der Waals surface area (Å²) in [5.41, 5.74) is 3.80. The van der Waals surface area contributed by atoms with Crippen molar-refractivity contribution in [2.75, 3.05) is 5.32 Å². The van der Waals surface area contributed by atoms with Gasteiger partial charge >= 0.3 is 5.69 Å². The van der Waals surface area contributed by atoms with E-state index in [0.29, 0.717) is 22.0 Å². The van der Waals surface area contributed by atoms with Crippen LogP contribution in [0.25, 0.3) is 5.69 Å². The van der Waals surface area contributed by atoms with Crippen LogP contribution in [-0.2, 0) is 11.3 Å². The summed E-state index contributed by atoms with van der Waals surface area (Å²) in [7, 11) is 0. The third-order valence-electron chi connectivity index (χ3n) is 5.32. The summed E-state index contributed by atoms with van der Waals surface area (Å²) in [6.45, 7) is 2.11. The Morgan fingerprint density at radius 3 is 2.64 bits per heavy atom. The Morgan fingerprint density at radius 1 is 1.23 bits per heavy atom. The second kappa shape index (κ2) is 13.0. The van der Waals surface area contributed by atoms with Crippen molar-refractivity contribution in [1.82, 2.24) is 20.2 Å². The van der Waals surface area contributed by atoms with Gasteiger partial charge in [-0.05, 0) is 72.0 Å². The van der Waals surface area contributed by atoms with Crippen molar-refractivity contribution >= 4 is 73.8 Å². The Balaban J connectivity index is 1.48. The summed E-state index contributed by atoms with van der Waals surface area (Å²) < 4.78 is 3.41. The maximum absolute atomic E-state index is 12.8. The molecule has 4 aromatic rings. The van der Waals surface area contributed by atoms with Crippen LogP contribution in [0.3, 0.4) is 0 Å². The number of carbonyl (C=O) groups excluding carboxylic acids is 1. The lowest BCUT2D eigenvalue weighted by Gasteiger charge is -2.13. The van der Waals surface area contributed by atoms with Crippen LogP contribution in [0.5, 0.6) is 5.75 Å². The van der Waals surface area contributed by atoms with Gasteiger partial charge in [0, 0.05) is 31.0 Å². The maximum atomic E-state index is 12.8. The van der Waals surface area contributed by atoms with Gasteiger partial charge in [-0.25, -0.2) is 5.43 Å². The maximum Gasteiger partial charge on any atom is 0.312 e. The number of nitrogens with one attached hydrogen (secondary N) is 2. The second-order valence-electron chi connectivity index (χ2n) is 8.04. The van der Waals surface area contributed by atoms with E-state index in [-0.39, 0.29) is 5.56 Å². The quantitative estimate of drug-likeness (QED) is 0.0641. The number of thioether (sulfide) groups is 1. The van der Waals surface area contributed by atoms with Crippen LogP contribution in [0, 0.1) is 13.7 Å². The Labute approximate surface area is 249 Å². The summed E-state index contributed by atoms with van der Waals surface area (Å²) in [5, 5.41) is 37.1. The van der Waals surface area contributed by atoms with E-state index >= 15 is 0 Å². The number of phenolic OH excluding ortho intramolecular Hbond substituents is 1. The largest absolute Gasteiger partial charge is 0.502 e.